The van der Waals surface area contributed by atoms with E-state index in [-0.39, 0.29) is 5.83 Å². The summed E-state index contributed by atoms with van der Waals surface area (Å²) in [6, 6.07) is 0. The lowest BCUT2D eigenvalue weighted by atomic mass is 10.2. The fourth-order valence-corrected chi connectivity index (χ4v) is 1.99. The van der Waals surface area contributed by atoms with E-state index in [2.05, 4.69) is 25.9 Å². The molecule has 2 rings (SSSR count). The van der Waals surface area contributed by atoms with Crippen molar-refractivity contribution in [3.63, 3.8) is 0 Å². The van der Waals surface area contributed by atoms with E-state index >= 15 is 0 Å². The number of nitrogens with zero attached hydrogens (tertiary/aromatic N) is 3. The third kappa shape index (κ3) is 2.34. The lowest BCUT2D eigenvalue weighted by molar-refractivity contribution is 0.572. The first-order valence-corrected chi connectivity index (χ1v) is 5.55. The minimum atomic E-state index is -0.0931. The lowest BCUT2D eigenvalue weighted by Gasteiger charge is -2.26. The minimum Gasteiger partial charge on any atom is -0.349 e. The van der Waals surface area contributed by atoms with Gasteiger partial charge in [0.05, 0.1) is 11.0 Å². The maximum absolute atomic E-state index is 13.1. The van der Waals surface area contributed by atoms with Crippen LogP contribution in [0.4, 0.5) is 10.2 Å². The highest BCUT2D eigenvalue weighted by atomic mass is 79.9. The summed E-state index contributed by atoms with van der Waals surface area (Å²) in [5.41, 5.74) is 0. The van der Waals surface area contributed by atoms with Gasteiger partial charge in [0.15, 0.2) is 0 Å². The molecule has 0 radical (unpaired) electrons. The van der Waals surface area contributed by atoms with Gasteiger partial charge in [0.1, 0.15) is 17.5 Å². The van der Waals surface area contributed by atoms with E-state index in [1.807, 2.05) is 11.8 Å². The molecule has 80 valence electrons. The molecule has 1 aromatic rings. The molecule has 0 saturated carbocycles. The van der Waals surface area contributed by atoms with Crippen molar-refractivity contribution < 1.29 is 4.39 Å². The highest BCUT2D eigenvalue weighted by Gasteiger charge is 2.16. The van der Waals surface area contributed by atoms with Crippen molar-refractivity contribution in [3.8, 4) is 0 Å². The number of halogens is 2. The van der Waals surface area contributed by atoms with Crippen LogP contribution in [-0.4, -0.2) is 23.1 Å². The molecule has 0 atom stereocenters. The fraction of sp³-hybridized carbons (Fsp3) is 0.400. The molecule has 0 bridgehead atoms. The van der Waals surface area contributed by atoms with Crippen molar-refractivity contribution >= 4 is 21.7 Å². The predicted octanol–water partition coefficient (Wildman–Crippen LogP) is 2.61. The molecule has 0 aliphatic carbocycles. The molecule has 3 nitrogen and oxygen atoms in total. The molecule has 0 amide bonds. The Labute approximate surface area is 96.2 Å². The van der Waals surface area contributed by atoms with Crippen LogP contribution in [0.25, 0.3) is 0 Å². The first-order valence-electron chi connectivity index (χ1n) is 4.75. The van der Waals surface area contributed by atoms with Crippen molar-refractivity contribution in [1.82, 2.24) is 9.97 Å². The van der Waals surface area contributed by atoms with Gasteiger partial charge in [-0.3, -0.25) is 0 Å². The number of anilines is 1. The first kappa shape index (κ1) is 10.5. The van der Waals surface area contributed by atoms with E-state index in [0.29, 0.717) is 12.4 Å². The summed E-state index contributed by atoms with van der Waals surface area (Å²) in [6.07, 6.45) is 4.05. The third-order valence-electron chi connectivity index (χ3n) is 2.25. The number of aromatic nitrogens is 2. The molecular formula is C10H11BrFN3. The Hall–Kier alpha value is -0.970. The summed E-state index contributed by atoms with van der Waals surface area (Å²) in [5, 5.41) is 0. The average molecular weight is 272 g/mol. The highest BCUT2D eigenvalue weighted by molar-refractivity contribution is 9.10. The second-order valence-electron chi connectivity index (χ2n) is 3.45. The Kier molecular flexibility index (Phi) is 3.00. The predicted molar refractivity (Wildman–Crippen MR) is 60.5 cm³/mol. The van der Waals surface area contributed by atoms with E-state index in [9.17, 15) is 4.39 Å². The molecule has 5 heteroatoms. The van der Waals surface area contributed by atoms with Gasteiger partial charge in [0, 0.05) is 12.7 Å². The molecule has 1 aromatic heterocycles. The second-order valence-corrected chi connectivity index (χ2v) is 4.30. The van der Waals surface area contributed by atoms with Crippen LogP contribution in [0.5, 0.6) is 0 Å². The van der Waals surface area contributed by atoms with Gasteiger partial charge in [0.25, 0.3) is 0 Å². The molecule has 1 aliphatic rings. The van der Waals surface area contributed by atoms with E-state index in [4.69, 9.17) is 0 Å². The van der Waals surface area contributed by atoms with Gasteiger partial charge in [-0.25, -0.2) is 14.4 Å². The Morgan fingerprint density at radius 1 is 1.53 bits per heavy atom. The third-order valence-corrected chi connectivity index (χ3v) is 2.81. The smallest absolute Gasteiger partial charge is 0.147 e. The quantitative estimate of drug-likeness (QED) is 0.786. The normalized spacial score (nSPS) is 16.5. The number of rotatable bonds is 1. The first-order chi connectivity index (χ1) is 7.16. The maximum Gasteiger partial charge on any atom is 0.147 e. The standard InChI is InChI=1S/C10H11BrFN3/c1-7-13-5-9(11)10(14-7)15-4-2-3-8(12)6-15/h3,5H,2,4,6H2,1H3. The molecule has 15 heavy (non-hydrogen) atoms. The lowest BCUT2D eigenvalue weighted by Crippen LogP contribution is -2.30. The summed E-state index contributed by atoms with van der Waals surface area (Å²) >= 11 is 3.38. The van der Waals surface area contributed by atoms with Gasteiger partial charge in [-0.15, -0.1) is 0 Å². The largest absolute Gasteiger partial charge is 0.349 e. The van der Waals surface area contributed by atoms with Gasteiger partial charge in [-0.1, -0.05) is 0 Å². The van der Waals surface area contributed by atoms with E-state index in [1.165, 1.54) is 0 Å². The Morgan fingerprint density at radius 3 is 3.07 bits per heavy atom. The molecule has 2 heterocycles. The Morgan fingerprint density at radius 2 is 2.33 bits per heavy atom. The van der Waals surface area contributed by atoms with Crippen LogP contribution >= 0.6 is 15.9 Å². The molecule has 0 unspecified atom stereocenters. The number of hydrogen-bond donors (Lipinski definition) is 0. The van der Waals surface area contributed by atoms with Gasteiger partial charge in [0.2, 0.25) is 0 Å². The van der Waals surface area contributed by atoms with Crippen molar-refractivity contribution in [2.75, 3.05) is 18.0 Å². The maximum atomic E-state index is 13.1. The van der Waals surface area contributed by atoms with Crippen LogP contribution in [0.15, 0.2) is 22.6 Å². The van der Waals surface area contributed by atoms with Crippen LogP contribution in [0, 0.1) is 6.92 Å². The van der Waals surface area contributed by atoms with Crippen molar-refractivity contribution in [2.45, 2.75) is 13.3 Å². The van der Waals surface area contributed by atoms with Crippen molar-refractivity contribution in [2.24, 2.45) is 0 Å². The molecule has 0 saturated heterocycles. The number of hydrogen-bond acceptors (Lipinski definition) is 3. The van der Waals surface area contributed by atoms with E-state index in [1.54, 1.807) is 12.3 Å². The van der Waals surface area contributed by atoms with Crippen LogP contribution in [-0.2, 0) is 0 Å². The fourth-order valence-electron chi connectivity index (χ4n) is 1.55. The topological polar surface area (TPSA) is 29.0 Å². The molecule has 0 fully saturated rings. The van der Waals surface area contributed by atoms with Gasteiger partial charge >= 0.3 is 0 Å². The van der Waals surface area contributed by atoms with Crippen LogP contribution < -0.4 is 4.90 Å². The zero-order valence-corrected chi connectivity index (χ0v) is 9.96. The summed E-state index contributed by atoms with van der Waals surface area (Å²) < 4.78 is 13.9. The summed E-state index contributed by atoms with van der Waals surface area (Å²) in [4.78, 5) is 10.3. The van der Waals surface area contributed by atoms with Crippen LogP contribution in [0.2, 0.25) is 0 Å². The van der Waals surface area contributed by atoms with Crippen molar-refractivity contribution in [3.05, 3.63) is 28.4 Å². The van der Waals surface area contributed by atoms with Gasteiger partial charge < -0.3 is 4.90 Å². The van der Waals surface area contributed by atoms with E-state index in [0.717, 1.165) is 23.3 Å². The minimum absolute atomic E-state index is 0.0931. The molecule has 0 N–H and O–H groups in total. The SMILES string of the molecule is Cc1ncc(Br)c(N2CCC=C(F)C2)n1. The zero-order chi connectivity index (χ0) is 10.8. The van der Waals surface area contributed by atoms with Gasteiger partial charge in [-0.05, 0) is 35.4 Å². The summed E-state index contributed by atoms with van der Waals surface area (Å²) in [6.45, 7) is 2.92. The Balaban J connectivity index is 2.29. The summed E-state index contributed by atoms with van der Waals surface area (Å²) in [5.74, 6) is 1.37. The molecule has 1 aliphatic heterocycles. The van der Waals surface area contributed by atoms with Gasteiger partial charge in [-0.2, -0.15) is 0 Å². The average Bonchev–Trinajstić information content (AvgIpc) is 2.22. The Bertz CT molecular complexity index is 406. The summed E-state index contributed by atoms with van der Waals surface area (Å²) in [7, 11) is 0. The van der Waals surface area contributed by atoms with Crippen LogP contribution in [0.3, 0.4) is 0 Å². The monoisotopic (exact) mass is 271 g/mol. The van der Waals surface area contributed by atoms with Crippen molar-refractivity contribution in [1.29, 1.82) is 0 Å². The van der Waals surface area contributed by atoms with E-state index < -0.39 is 0 Å². The highest BCUT2D eigenvalue weighted by Crippen LogP contribution is 2.25. The van der Waals surface area contributed by atoms with Crippen LogP contribution in [0.1, 0.15) is 12.2 Å². The molecular weight excluding hydrogens is 261 g/mol. The molecule has 0 spiro atoms. The number of aryl methyl sites for hydroxylation is 1. The second kappa shape index (κ2) is 4.26. The zero-order valence-electron chi connectivity index (χ0n) is 8.37. The molecule has 0 aromatic carbocycles.